The standard InChI is InChI=1S/C38H36F2N8O4/c39-25-4-11-34-44-28(21-46(34)20-25)18-42-27-5-7-29(8-6-27)48-37(51)33-16-26(40)17-43-36(33)47(38(48)52)30-3-1-2-23(14-30)32-10-9-31(49)15-24(32)19-45-13-12-41-35(50)22-45/h1-4,9-11,14-17,20-21,27,29,42,49H,5-8,12-13,18-19,22H2,(H,41,50). The molecule has 2 aromatic carbocycles. The van der Waals surface area contributed by atoms with Crippen molar-refractivity contribution in [2.75, 3.05) is 19.6 Å². The maximum absolute atomic E-state index is 14.6. The molecule has 0 bridgehead atoms. The topological polar surface area (TPSA) is 139 Å². The average molecular weight is 707 g/mol. The summed E-state index contributed by atoms with van der Waals surface area (Å²) in [6.45, 7) is 2.34. The lowest BCUT2D eigenvalue weighted by atomic mass is 9.91. The Hall–Kier alpha value is -5.73. The smallest absolute Gasteiger partial charge is 0.337 e. The Bertz CT molecular complexity index is 2450. The maximum atomic E-state index is 14.6. The Morgan fingerprint density at radius 1 is 0.942 bits per heavy atom. The number of aromatic hydroxyl groups is 1. The van der Waals surface area contributed by atoms with E-state index in [0.29, 0.717) is 63.2 Å². The van der Waals surface area contributed by atoms with E-state index in [9.17, 15) is 28.3 Å². The zero-order chi connectivity index (χ0) is 35.9. The van der Waals surface area contributed by atoms with E-state index < -0.39 is 23.1 Å². The Balaban J connectivity index is 1.09. The van der Waals surface area contributed by atoms with Crippen LogP contribution in [-0.2, 0) is 17.9 Å². The fourth-order valence-electron chi connectivity index (χ4n) is 7.50. The third kappa shape index (κ3) is 6.58. The molecule has 14 heteroatoms. The van der Waals surface area contributed by atoms with Gasteiger partial charge in [-0.15, -0.1) is 0 Å². The number of hydrogen-bond acceptors (Lipinski definition) is 8. The minimum absolute atomic E-state index is 0.00207. The van der Waals surface area contributed by atoms with Crippen molar-refractivity contribution in [2.24, 2.45) is 0 Å². The number of phenolic OH excluding ortho intramolecular Hbond substituents is 1. The van der Waals surface area contributed by atoms with Gasteiger partial charge >= 0.3 is 5.69 Å². The van der Waals surface area contributed by atoms with Crippen LogP contribution in [-0.4, -0.2) is 65.1 Å². The second kappa shape index (κ2) is 13.8. The number of aromatic nitrogens is 5. The first-order valence-electron chi connectivity index (χ1n) is 17.3. The second-order valence-corrected chi connectivity index (χ2v) is 13.5. The summed E-state index contributed by atoms with van der Waals surface area (Å²) in [6.07, 6.45) is 6.63. The van der Waals surface area contributed by atoms with Gasteiger partial charge in [0.25, 0.3) is 5.56 Å². The van der Waals surface area contributed by atoms with Crippen molar-refractivity contribution in [3.63, 3.8) is 0 Å². The largest absolute Gasteiger partial charge is 0.508 e. The van der Waals surface area contributed by atoms with Gasteiger partial charge < -0.3 is 20.1 Å². The molecule has 266 valence electrons. The van der Waals surface area contributed by atoms with Crippen molar-refractivity contribution in [3.8, 4) is 22.6 Å². The molecule has 1 saturated carbocycles. The summed E-state index contributed by atoms with van der Waals surface area (Å²) in [7, 11) is 0. The number of benzene rings is 2. The Labute approximate surface area is 296 Å². The number of imidazole rings is 1. The van der Waals surface area contributed by atoms with Crippen LogP contribution in [0.2, 0.25) is 0 Å². The van der Waals surface area contributed by atoms with E-state index in [4.69, 9.17) is 0 Å². The zero-order valence-electron chi connectivity index (χ0n) is 28.1. The van der Waals surface area contributed by atoms with Crippen molar-refractivity contribution in [2.45, 2.75) is 50.9 Å². The van der Waals surface area contributed by atoms with Gasteiger partial charge in [0.15, 0.2) is 5.65 Å². The quantitative estimate of drug-likeness (QED) is 0.216. The lowest BCUT2D eigenvalue weighted by molar-refractivity contribution is -0.124. The van der Waals surface area contributed by atoms with Crippen LogP contribution in [0.4, 0.5) is 8.78 Å². The number of phenols is 1. The minimum atomic E-state index is -0.683. The van der Waals surface area contributed by atoms with Gasteiger partial charge in [-0.2, -0.15) is 0 Å². The van der Waals surface area contributed by atoms with E-state index in [1.54, 1.807) is 47.0 Å². The van der Waals surface area contributed by atoms with E-state index in [2.05, 4.69) is 20.6 Å². The maximum Gasteiger partial charge on any atom is 0.337 e. The van der Waals surface area contributed by atoms with Gasteiger partial charge in [0.1, 0.15) is 23.0 Å². The first kappa shape index (κ1) is 33.4. The number of fused-ring (bicyclic) bond motifs is 2. The molecule has 0 spiro atoms. The molecular weight excluding hydrogens is 670 g/mol. The molecule has 3 N–H and O–H groups in total. The van der Waals surface area contributed by atoms with Crippen LogP contribution in [0, 0.1) is 11.6 Å². The molecule has 52 heavy (non-hydrogen) atoms. The molecule has 2 aliphatic rings. The van der Waals surface area contributed by atoms with Crippen molar-refractivity contribution >= 4 is 22.6 Å². The number of nitrogens with one attached hydrogen (secondary N) is 2. The van der Waals surface area contributed by atoms with Crippen molar-refractivity contribution in [3.05, 3.63) is 123 Å². The minimum Gasteiger partial charge on any atom is -0.508 e. The van der Waals surface area contributed by atoms with Crippen molar-refractivity contribution in [1.29, 1.82) is 0 Å². The van der Waals surface area contributed by atoms with Gasteiger partial charge in [-0.3, -0.25) is 19.1 Å². The van der Waals surface area contributed by atoms with E-state index in [1.807, 2.05) is 17.0 Å². The van der Waals surface area contributed by atoms with E-state index in [0.717, 1.165) is 34.6 Å². The molecule has 4 aromatic heterocycles. The van der Waals surface area contributed by atoms with Crippen molar-refractivity contribution < 1.29 is 18.7 Å². The van der Waals surface area contributed by atoms with Gasteiger partial charge in [0.2, 0.25) is 5.91 Å². The molecule has 6 aromatic rings. The van der Waals surface area contributed by atoms with Crippen molar-refractivity contribution in [1.82, 2.24) is 39.0 Å². The normalized spacial score (nSPS) is 18.2. The Morgan fingerprint density at radius 3 is 2.62 bits per heavy atom. The molecule has 12 nitrogen and oxygen atoms in total. The van der Waals surface area contributed by atoms with Crippen LogP contribution in [0.25, 0.3) is 33.5 Å². The Morgan fingerprint density at radius 2 is 1.79 bits per heavy atom. The SMILES string of the molecule is O=C1CN(Cc2cc(O)ccc2-c2cccc(-n3c(=O)n(C4CCC(NCc5cn6cc(F)ccc6n5)CC4)c(=O)c4cc(F)cnc43)c2)CCN1. The van der Waals surface area contributed by atoms with E-state index in [-0.39, 0.29) is 41.1 Å². The number of piperazine rings is 1. The van der Waals surface area contributed by atoms with Crippen LogP contribution in [0.3, 0.4) is 0 Å². The number of hydrogen-bond donors (Lipinski definition) is 3. The van der Waals surface area contributed by atoms with Crippen LogP contribution in [0.15, 0.2) is 88.8 Å². The Kier molecular flexibility index (Phi) is 8.85. The highest BCUT2D eigenvalue weighted by atomic mass is 19.1. The fourth-order valence-corrected chi connectivity index (χ4v) is 7.50. The number of pyridine rings is 2. The highest BCUT2D eigenvalue weighted by molar-refractivity contribution is 5.79. The monoisotopic (exact) mass is 706 g/mol. The fraction of sp³-hybridized carbons (Fsp3) is 0.289. The van der Waals surface area contributed by atoms with Gasteiger partial charge in [-0.05, 0) is 84.8 Å². The van der Waals surface area contributed by atoms with Crippen LogP contribution < -0.4 is 21.9 Å². The molecule has 0 atom stereocenters. The molecule has 5 heterocycles. The molecular formula is C38H36F2N8O4. The highest BCUT2D eigenvalue weighted by Crippen LogP contribution is 2.31. The number of rotatable bonds is 8. The summed E-state index contributed by atoms with van der Waals surface area (Å²) >= 11 is 0. The van der Waals surface area contributed by atoms with Crippen LogP contribution >= 0.6 is 0 Å². The summed E-state index contributed by atoms with van der Waals surface area (Å²) < 4.78 is 32.5. The number of carbonyl (C=O) groups is 1. The molecule has 0 radical (unpaired) electrons. The van der Waals surface area contributed by atoms with Gasteiger partial charge in [-0.1, -0.05) is 18.2 Å². The van der Waals surface area contributed by atoms with Gasteiger partial charge in [0.05, 0.1) is 29.5 Å². The van der Waals surface area contributed by atoms with E-state index >= 15 is 0 Å². The van der Waals surface area contributed by atoms with E-state index in [1.165, 1.54) is 21.4 Å². The molecule has 1 amide bonds. The summed E-state index contributed by atoms with van der Waals surface area (Å²) in [5.41, 5.74) is 3.13. The molecule has 1 saturated heterocycles. The molecule has 1 aliphatic carbocycles. The highest BCUT2D eigenvalue weighted by Gasteiger charge is 2.28. The number of nitrogens with zero attached hydrogens (tertiary/aromatic N) is 6. The lowest BCUT2D eigenvalue weighted by Gasteiger charge is -2.30. The molecule has 0 unspecified atom stereocenters. The summed E-state index contributed by atoms with van der Waals surface area (Å²) in [5, 5.41) is 16.7. The third-order valence-corrected chi connectivity index (χ3v) is 10.0. The first-order chi connectivity index (χ1) is 25.2. The summed E-state index contributed by atoms with van der Waals surface area (Å²) in [6, 6.07) is 16.1. The zero-order valence-corrected chi connectivity index (χ0v) is 28.1. The summed E-state index contributed by atoms with van der Waals surface area (Å²) in [4.78, 5) is 51.1. The predicted molar refractivity (Wildman–Crippen MR) is 190 cm³/mol. The lowest BCUT2D eigenvalue weighted by Crippen LogP contribution is -2.47. The molecule has 2 fully saturated rings. The number of amides is 1. The number of halogens is 2. The number of carbonyl (C=O) groups excluding carboxylic acids is 1. The molecule has 8 rings (SSSR count). The van der Waals surface area contributed by atoms with Crippen LogP contribution in [0.1, 0.15) is 43.0 Å². The predicted octanol–water partition coefficient (Wildman–Crippen LogP) is 4.05. The second-order valence-electron chi connectivity index (χ2n) is 13.5. The van der Waals surface area contributed by atoms with Gasteiger partial charge in [-0.25, -0.2) is 28.1 Å². The van der Waals surface area contributed by atoms with Crippen LogP contribution in [0.5, 0.6) is 5.75 Å². The van der Waals surface area contributed by atoms with Gasteiger partial charge in [0, 0.05) is 50.7 Å². The molecule has 1 aliphatic heterocycles. The first-order valence-corrected chi connectivity index (χ1v) is 17.3. The summed E-state index contributed by atoms with van der Waals surface area (Å²) in [5.74, 6) is -0.997. The third-order valence-electron chi connectivity index (χ3n) is 10.0. The average Bonchev–Trinajstić information content (AvgIpc) is 3.54.